The number of ketones is 1. The van der Waals surface area contributed by atoms with E-state index in [1.54, 1.807) is 0 Å². The summed E-state index contributed by atoms with van der Waals surface area (Å²) in [4.78, 5) is 19.0. The molecule has 0 aliphatic carbocycles. The van der Waals surface area contributed by atoms with Gasteiger partial charge in [-0.1, -0.05) is 30.2 Å². The van der Waals surface area contributed by atoms with Crippen molar-refractivity contribution < 1.29 is 31.1 Å². The Bertz CT molecular complexity index is 1310. The number of halogens is 6. The summed E-state index contributed by atoms with van der Waals surface area (Å²) in [7, 11) is 0. The maximum Gasteiger partial charge on any atom is 0.416 e. The second-order valence-corrected chi connectivity index (χ2v) is 13.9. The topological polar surface area (TPSA) is 35.6 Å². The third-order valence-corrected chi connectivity index (χ3v) is 10.6. The Labute approximate surface area is 268 Å². The average molecular weight is 652 g/mol. The van der Waals surface area contributed by atoms with Gasteiger partial charge in [0.1, 0.15) is 0 Å². The third kappa shape index (κ3) is 8.53. The minimum Gasteiger partial charge on any atom is -0.307 e. The van der Waals surface area contributed by atoms with E-state index in [0.717, 1.165) is 62.9 Å². The molecule has 46 heavy (non-hydrogen) atoms. The number of carbonyl (C=O) groups excluding carboxylic acids is 1. The van der Waals surface area contributed by atoms with Crippen LogP contribution < -0.4 is 5.32 Å². The molecule has 0 aromatic heterocycles. The SMILES string of the molecule is Cc1ccc(C)c(C2(CCN3CCC(N4CCCCC4)CC3)CCCNC(C(=O)Cc3cc(C(F)(F)F)cc(C(F)(F)F)c3)C2)c1. The monoisotopic (exact) mass is 651 g/mol. The maximum absolute atomic E-state index is 13.8. The van der Waals surface area contributed by atoms with Crippen LogP contribution in [0.25, 0.3) is 0 Å². The lowest BCUT2D eigenvalue weighted by Crippen LogP contribution is -2.48. The minimum absolute atomic E-state index is 0.110. The summed E-state index contributed by atoms with van der Waals surface area (Å²) >= 11 is 0. The number of benzene rings is 2. The molecule has 3 saturated heterocycles. The van der Waals surface area contributed by atoms with E-state index < -0.39 is 35.9 Å². The van der Waals surface area contributed by atoms with E-state index in [1.165, 1.54) is 37.9 Å². The van der Waals surface area contributed by atoms with Gasteiger partial charge in [0.2, 0.25) is 0 Å². The number of hydrogen-bond acceptors (Lipinski definition) is 4. The molecule has 5 rings (SSSR count). The standard InChI is InChI=1S/C36H47F6N3O/c1-25-7-8-26(2)31(19-25)34(12-18-44-16-9-30(10-17-44)45-14-4-3-5-15-45)11-6-13-43-32(24-34)33(46)22-27-20-28(35(37,38)39)23-29(21-27)36(40,41)42/h7-8,19-21,23,30,32,43H,3-6,9-18,22,24H2,1-2H3. The Morgan fingerprint density at radius 1 is 0.870 bits per heavy atom. The van der Waals surface area contributed by atoms with Crippen molar-refractivity contribution in [3.05, 3.63) is 69.8 Å². The number of aryl methyl sites for hydroxylation is 2. The van der Waals surface area contributed by atoms with Crippen molar-refractivity contribution >= 4 is 5.78 Å². The highest BCUT2D eigenvalue weighted by Crippen LogP contribution is 2.42. The van der Waals surface area contributed by atoms with Gasteiger partial charge in [-0.25, -0.2) is 0 Å². The van der Waals surface area contributed by atoms with Crippen molar-refractivity contribution in [2.45, 2.75) is 108 Å². The van der Waals surface area contributed by atoms with Gasteiger partial charge < -0.3 is 15.1 Å². The van der Waals surface area contributed by atoms with E-state index in [0.29, 0.717) is 31.1 Å². The molecule has 254 valence electrons. The zero-order chi connectivity index (χ0) is 33.1. The summed E-state index contributed by atoms with van der Waals surface area (Å²) in [6, 6.07) is 7.80. The van der Waals surface area contributed by atoms with Gasteiger partial charge in [-0.05, 0) is 145 Å². The van der Waals surface area contributed by atoms with Gasteiger partial charge in [-0.3, -0.25) is 4.79 Å². The van der Waals surface area contributed by atoms with E-state index in [4.69, 9.17) is 0 Å². The Hall–Kier alpha value is -2.43. The number of hydrogen-bond donors (Lipinski definition) is 1. The predicted molar refractivity (Wildman–Crippen MR) is 168 cm³/mol. The fourth-order valence-corrected chi connectivity index (χ4v) is 8.02. The molecule has 3 aliphatic heterocycles. The van der Waals surface area contributed by atoms with Gasteiger partial charge in [0, 0.05) is 12.5 Å². The van der Waals surface area contributed by atoms with Crippen LogP contribution in [0.4, 0.5) is 26.3 Å². The van der Waals surface area contributed by atoms with Crippen molar-refractivity contribution in [3.63, 3.8) is 0 Å². The van der Waals surface area contributed by atoms with Crippen molar-refractivity contribution in [1.82, 2.24) is 15.1 Å². The van der Waals surface area contributed by atoms with E-state index in [9.17, 15) is 31.1 Å². The lowest BCUT2D eigenvalue weighted by molar-refractivity contribution is -0.143. The van der Waals surface area contributed by atoms with E-state index in [2.05, 4.69) is 40.2 Å². The minimum atomic E-state index is -4.96. The molecule has 2 aromatic carbocycles. The highest BCUT2D eigenvalue weighted by molar-refractivity contribution is 5.86. The van der Waals surface area contributed by atoms with Crippen molar-refractivity contribution in [2.24, 2.45) is 0 Å². The number of Topliss-reactive ketones (excluding diaryl/α,β-unsaturated/α-hetero) is 1. The van der Waals surface area contributed by atoms with Gasteiger partial charge in [0.05, 0.1) is 17.2 Å². The van der Waals surface area contributed by atoms with Gasteiger partial charge in [0.25, 0.3) is 0 Å². The molecule has 0 amide bonds. The largest absolute Gasteiger partial charge is 0.416 e. The normalized spacial score (nSPS) is 24.6. The quantitative estimate of drug-likeness (QED) is 0.295. The molecule has 0 saturated carbocycles. The second-order valence-electron chi connectivity index (χ2n) is 13.9. The number of rotatable bonds is 8. The highest BCUT2D eigenvalue weighted by Gasteiger charge is 2.41. The Morgan fingerprint density at radius 3 is 2.15 bits per heavy atom. The number of alkyl halides is 6. The predicted octanol–water partition coefficient (Wildman–Crippen LogP) is 7.87. The summed E-state index contributed by atoms with van der Waals surface area (Å²) < 4.78 is 81.2. The van der Waals surface area contributed by atoms with Gasteiger partial charge in [-0.15, -0.1) is 0 Å². The lowest BCUT2D eigenvalue weighted by Gasteiger charge is -2.42. The van der Waals surface area contributed by atoms with E-state index in [1.807, 2.05) is 6.92 Å². The van der Waals surface area contributed by atoms with Crippen LogP contribution in [0, 0.1) is 13.8 Å². The first-order chi connectivity index (χ1) is 21.7. The van der Waals surface area contributed by atoms with Crippen LogP contribution in [0.3, 0.4) is 0 Å². The molecule has 1 N–H and O–H groups in total. The number of nitrogens with zero attached hydrogens (tertiary/aromatic N) is 2. The number of carbonyl (C=O) groups is 1. The third-order valence-electron chi connectivity index (χ3n) is 10.6. The van der Waals surface area contributed by atoms with Crippen LogP contribution in [0.2, 0.25) is 0 Å². The molecule has 2 atom stereocenters. The summed E-state index contributed by atoms with van der Waals surface area (Å²) in [5.74, 6) is -0.383. The molecule has 3 aliphatic rings. The Kier molecular flexibility index (Phi) is 10.9. The zero-order valence-corrected chi connectivity index (χ0v) is 27.0. The molecule has 0 spiro atoms. The Balaban J connectivity index is 1.36. The summed E-state index contributed by atoms with van der Waals surface area (Å²) in [6.45, 7) is 10.0. The average Bonchev–Trinajstić information content (AvgIpc) is 3.25. The number of nitrogens with one attached hydrogen (secondary N) is 1. The second kappa shape index (κ2) is 14.4. The van der Waals surface area contributed by atoms with Crippen LogP contribution in [-0.2, 0) is 29.0 Å². The zero-order valence-electron chi connectivity index (χ0n) is 27.0. The van der Waals surface area contributed by atoms with Crippen molar-refractivity contribution in [3.8, 4) is 0 Å². The number of likely N-dealkylation sites (tertiary alicyclic amines) is 2. The van der Waals surface area contributed by atoms with E-state index in [-0.39, 0.29) is 22.8 Å². The first-order valence-corrected chi connectivity index (χ1v) is 16.8. The molecule has 2 unspecified atom stereocenters. The highest BCUT2D eigenvalue weighted by atomic mass is 19.4. The molecular weight excluding hydrogens is 604 g/mol. The Morgan fingerprint density at radius 2 is 1.52 bits per heavy atom. The molecule has 0 radical (unpaired) electrons. The van der Waals surface area contributed by atoms with Crippen molar-refractivity contribution in [2.75, 3.05) is 39.3 Å². The molecule has 2 aromatic rings. The molecule has 10 heteroatoms. The van der Waals surface area contributed by atoms with Crippen LogP contribution >= 0.6 is 0 Å². The fraction of sp³-hybridized carbons (Fsp3) is 0.639. The number of piperidine rings is 2. The van der Waals surface area contributed by atoms with Gasteiger partial charge in [-0.2, -0.15) is 26.3 Å². The molecule has 3 fully saturated rings. The van der Waals surface area contributed by atoms with Gasteiger partial charge >= 0.3 is 12.4 Å². The van der Waals surface area contributed by atoms with Gasteiger partial charge in [0.15, 0.2) is 5.78 Å². The molecule has 3 heterocycles. The van der Waals surface area contributed by atoms with E-state index >= 15 is 0 Å². The molecular formula is C36H47F6N3O. The van der Waals surface area contributed by atoms with Crippen LogP contribution in [0.5, 0.6) is 0 Å². The van der Waals surface area contributed by atoms with Crippen molar-refractivity contribution in [1.29, 1.82) is 0 Å². The fourth-order valence-electron chi connectivity index (χ4n) is 8.02. The first kappa shape index (κ1) is 34.9. The van der Waals surface area contributed by atoms with Crippen LogP contribution in [-0.4, -0.2) is 66.9 Å². The molecule has 0 bridgehead atoms. The smallest absolute Gasteiger partial charge is 0.307 e. The first-order valence-electron chi connectivity index (χ1n) is 16.8. The molecule has 4 nitrogen and oxygen atoms in total. The maximum atomic E-state index is 13.8. The summed E-state index contributed by atoms with van der Waals surface area (Å²) in [6.07, 6.45) is -1.29. The van der Waals surface area contributed by atoms with Crippen LogP contribution in [0.1, 0.15) is 91.2 Å². The summed E-state index contributed by atoms with van der Waals surface area (Å²) in [5.41, 5.74) is 0.0266. The lowest BCUT2D eigenvalue weighted by atomic mass is 9.68. The summed E-state index contributed by atoms with van der Waals surface area (Å²) in [5, 5.41) is 3.32. The van der Waals surface area contributed by atoms with Crippen LogP contribution in [0.15, 0.2) is 36.4 Å².